The zero-order chi connectivity index (χ0) is 17.1. The SMILES string of the molecule is CCn1nc(C)c(C(=O)OCC(=O)c2c(F)cccc2Cl)c1N. The van der Waals surface area contributed by atoms with E-state index in [0.717, 1.165) is 6.07 Å². The molecule has 0 aliphatic heterocycles. The number of ketones is 1. The van der Waals surface area contributed by atoms with Crippen LogP contribution in [0, 0.1) is 12.7 Å². The molecule has 23 heavy (non-hydrogen) atoms. The van der Waals surface area contributed by atoms with Gasteiger partial charge in [0.1, 0.15) is 17.2 Å². The average Bonchev–Trinajstić information content (AvgIpc) is 2.79. The van der Waals surface area contributed by atoms with Crippen molar-refractivity contribution in [1.29, 1.82) is 0 Å². The maximum absolute atomic E-state index is 13.6. The first-order chi connectivity index (χ1) is 10.9. The maximum Gasteiger partial charge on any atom is 0.344 e. The lowest BCUT2D eigenvalue weighted by atomic mass is 10.1. The van der Waals surface area contributed by atoms with Crippen LogP contribution in [0.5, 0.6) is 0 Å². The van der Waals surface area contributed by atoms with E-state index in [9.17, 15) is 14.0 Å². The molecule has 0 amide bonds. The van der Waals surface area contributed by atoms with Crippen LogP contribution >= 0.6 is 11.6 Å². The molecule has 2 N–H and O–H groups in total. The Bertz CT molecular complexity index is 753. The molecule has 0 bridgehead atoms. The lowest BCUT2D eigenvalue weighted by molar-refractivity contribution is 0.0474. The Labute approximate surface area is 137 Å². The molecular weight excluding hydrogens is 325 g/mol. The van der Waals surface area contributed by atoms with Gasteiger partial charge in [0.15, 0.2) is 6.61 Å². The number of hydrogen-bond donors (Lipinski definition) is 1. The Morgan fingerprint density at radius 1 is 1.39 bits per heavy atom. The number of nitrogen functional groups attached to an aromatic ring is 1. The van der Waals surface area contributed by atoms with Gasteiger partial charge in [-0.3, -0.25) is 4.79 Å². The molecule has 122 valence electrons. The van der Waals surface area contributed by atoms with E-state index in [-0.39, 0.29) is 22.0 Å². The molecule has 0 atom stereocenters. The number of halogens is 2. The van der Waals surface area contributed by atoms with Crippen molar-refractivity contribution in [1.82, 2.24) is 9.78 Å². The summed E-state index contributed by atoms with van der Waals surface area (Å²) < 4.78 is 20.0. The monoisotopic (exact) mass is 339 g/mol. The highest BCUT2D eigenvalue weighted by Crippen LogP contribution is 2.21. The van der Waals surface area contributed by atoms with Gasteiger partial charge in [0.25, 0.3) is 0 Å². The first-order valence-electron chi connectivity index (χ1n) is 6.84. The molecular formula is C15H15ClFN3O3. The summed E-state index contributed by atoms with van der Waals surface area (Å²) in [6, 6.07) is 3.87. The van der Waals surface area contributed by atoms with E-state index in [0.29, 0.717) is 12.2 Å². The van der Waals surface area contributed by atoms with Gasteiger partial charge in [0.2, 0.25) is 5.78 Å². The van der Waals surface area contributed by atoms with Crippen LogP contribution in [0.3, 0.4) is 0 Å². The first-order valence-corrected chi connectivity index (χ1v) is 7.21. The number of nitrogens with two attached hydrogens (primary N) is 1. The third-order valence-electron chi connectivity index (χ3n) is 3.25. The minimum Gasteiger partial charge on any atom is -0.454 e. The molecule has 8 heteroatoms. The standard InChI is InChI=1S/C15H15ClFN3O3/c1-3-20-14(18)12(8(2)19-20)15(22)23-7-11(21)13-9(16)5-4-6-10(13)17/h4-6H,3,7,18H2,1-2H3. The number of aromatic nitrogens is 2. The van der Waals surface area contributed by atoms with Crippen molar-refractivity contribution in [2.24, 2.45) is 0 Å². The number of ether oxygens (including phenoxy) is 1. The molecule has 1 heterocycles. The molecule has 0 saturated heterocycles. The quantitative estimate of drug-likeness (QED) is 0.668. The Balaban J connectivity index is 2.14. The second-order valence-electron chi connectivity index (χ2n) is 4.76. The lowest BCUT2D eigenvalue weighted by Crippen LogP contribution is -2.17. The third-order valence-corrected chi connectivity index (χ3v) is 3.56. The summed E-state index contributed by atoms with van der Waals surface area (Å²) in [6.45, 7) is 3.27. The van der Waals surface area contributed by atoms with Gasteiger partial charge in [-0.05, 0) is 26.0 Å². The van der Waals surface area contributed by atoms with Crippen LogP contribution in [-0.2, 0) is 11.3 Å². The largest absolute Gasteiger partial charge is 0.454 e. The Hall–Kier alpha value is -2.41. The molecule has 0 aliphatic carbocycles. The second-order valence-corrected chi connectivity index (χ2v) is 5.16. The van der Waals surface area contributed by atoms with E-state index in [2.05, 4.69) is 5.10 Å². The molecule has 0 spiro atoms. The lowest BCUT2D eigenvalue weighted by Gasteiger charge is -2.07. The van der Waals surface area contributed by atoms with Crippen LogP contribution in [0.25, 0.3) is 0 Å². The highest BCUT2D eigenvalue weighted by atomic mass is 35.5. The molecule has 0 aliphatic rings. The highest BCUT2D eigenvalue weighted by Gasteiger charge is 2.23. The third kappa shape index (κ3) is 3.34. The molecule has 6 nitrogen and oxygen atoms in total. The zero-order valence-corrected chi connectivity index (χ0v) is 13.4. The predicted octanol–water partition coefficient (Wildman–Crippen LogP) is 2.63. The molecule has 0 unspecified atom stereocenters. The van der Waals surface area contributed by atoms with Gasteiger partial charge in [0.05, 0.1) is 16.3 Å². The molecule has 2 aromatic rings. The molecule has 0 saturated carbocycles. The predicted molar refractivity (Wildman–Crippen MR) is 83.1 cm³/mol. The fourth-order valence-corrected chi connectivity index (χ4v) is 2.40. The number of nitrogens with zero attached hydrogens (tertiary/aromatic N) is 2. The Kier molecular flexibility index (Phi) is 5.00. The number of hydrogen-bond acceptors (Lipinski definition) is 5. The summed E-state index contributed by atoms with van der Waals surface area (Å²) in [5, 5.41) is 4.05. The normalized spacial score (nSPS) is 10.6. The molecule has 0 fully saturated rings. The minimum atomic E-state index is -0.791. The number of benzene rings is 1. The van der Waals surface area contributed by atoms with E-state index in [1.54, 1.807) is 6.92 Å². The van der Waals surface area contributed by atoms with Gasteiger partial charge in [-0.1, -0.05) is 17.7 Å². The van der Waals surface area contributed by atoms with Crippen molar-refractivity contribution in [2.75, 3.05) is 12.3 Å². The molecule has 1 aromatic carbocycles. The summed E-state index contributed by atoms with van der Waals surface area (Å²) in [5.74, 6) is -2.14. The number of Topliss-reactive ketones (excluding diaryl/α,β-unsaturated/α-hetero) is 1. The van der Waals surface area contributed by atoms with Crippen molar-refractivity contribution < 1.29 is 18.7 Å². The van der Waals surface area contributed by atoms with E-state index < -0.39 is 24.2 Å². The van der Waals surface area contributed by atoms with E-state index in [4.69, 9.17) is 22.1 Å². The van der Waals surface area contributed by atoms with E-state index in [1.807, 2.05) is 6.92 Å². The van der Waals surface area contributed by atoms with Gasteiger partial charge in [-0.15, -0.1) is 0 Å². The number of esters is 1. The van der Waals surface area contributed by atoms with Crippen molar-refractivity contribution >= 4 is 29.2 Å². The number of anilines is 1. The van der Waals surface area contributed by atoms with Crippen LogP contribution in [-0.4, -0.2) is 28.1 Å². The topological polar surface area (TPSA) is 87.2 Å². The van der Waals surface area contributed by atoms with Crippen LogP contribution in [0.4, 0.5) is 10.2 Å². The summed E-state index contributed by atoms with van der Waals surface area (Å²) in [5.41, 5.74) is 6.00. The van der Waals surface area contributed by atoms with Crippen LogP contribution in [0.1, 0.15) is 33.3 Å². The maximum atomic E-state index is 13.6. The van der Waals surface area contributed by atoms with Crippen molar-refractivity contribution in [3.63, 3.8) is 0 Å². The number of rotatable bonds is 5. The highest BCUT2D eigenvalue weighted by molar-refractivity contribution is 6.34. The number of aryl methyl sites for hydroxylation is 2. The first kappa shape index (κ1) is 17.0. The van der Waals surface area contributed by atoms with Gasteiger partial charge >= 0.3 is 5.97 Å². The average molecular weight is 340 g/mol. The van der Waals surface area contributed by atoms with Gasteiger partial charge < -0.3 is 10.5 Å². The zero-order valence-electron chi connectivity index (χ0n) is 12.6. The summed E-state index contributed by atoms with van der Waals surface area (Å²) in [7, 11) is 0. The van der Waals surface area contributed by atoms with Crippen molar-refractivity contribution in [3.05, 3.63) is 45.9 Å². The molecule has 2 rings (SSSR count). The summed E-state index contributed by atoms with van der Waals surface area (Å²) >= 11 is 5.79. The Morgan fingerprint density at radius 3 is 2.65 bits per heavy atom. The number of carbonyl (C=O) groups is 2. The molecule has 0 radical (unpaired) electrons. The van der Waals surface area contributed by atoms with E-state index >= 15 is 0 Å². The summed E-state index contributed by atoms with van der Waals surface area (Å²) in [4.78, 5) is 24.1. The van der Waals surface area contributed by atoms with Gasteiger partial charge in [-0.2, -0.15) is 5.10 Å². The smallest absolute Gasteiger partial charge is 0.344 e. The van der Waals surface area contributed by atoms with Crippen LogP contribution < -0.4 is 5.73 Å². The number of carbonyl (C=O) groups excluding carboxylic acids is 2. The fourth-order valence-electron chi connectivity index (χ4n) is 2.13. The van der Waals surface area contributed by atoms with Crippen molar-refractivity contribution in [3.8, 4) is 0 Å². The Morgan fingerprint density at radius 2 is 2.09 bits per heavy atom. The van der Waals surface area contributed by atoms with Crippen LogP contribution in [0.2, 0.25) is 5.02 Å². The second kappa shape index (κ2) is 6.78. The minimum absolute atomic E-state index is 0.0412. The van der Waals surface area contributed by atoms with Gasteiger partial charge in [0, 0.05) is 6.54 Å². The van der Waals surface area contributed by atoms with Gasteiger partial charge in [-0.25, -0.2) is 13.9 Å². The van der Waals surface area contributed by atoms with E-state index in [1.165, 1.54) is 16.8 Å². The molecule has 1 aromatic heterocycles. The van der Waals surface area contributed by atoms with Crippen molar-refractivity contribution in [2.45, 2.75) is 20.4 Å². The fraction of sp³-hybridized carbons (Fsp3) is 0.267. The van der Waals surface area contributed by atoms with Crippen LogP contribution in [0.15, 0.2) is 18.2 Å². The summed E-state index contributed by atoms with van der Waals surface area (Å²) in [6.07, 6.45) is 0.